The summed E-state index contributed by atoms with van der Waals surface area (Å²) < 4.78 is 4.93. The second-order valence-electron chi connectivity index (χ2n) is 5.79. The van der Waals surface area contributed by atoms with Crippen LogP contribution in [0.5, 0.6) is 0 Å². The first kappa shape index (κ1) is 19.5. The molecule has 1 aromatic carbocycles. The van der Waals surface area contributed by atoms with Crippen molar-refractivity contribution in [3.05, 3.63) is 29.8 Å². The Balaban J connectivity index is 0.00000264. The van der Waals surface area contributed by atoms with E-state index in [1.54, 1.807) is 6.92 Å². The number of rotatable bonds is 6. The molecule has 128 valence electrons. The van der Waals surface area contributed by atoms with E-state index in [4.69, 9.17) is 10.5 Å². The summed E-state index contributed by atoms with van der Waals surface area (Å²) in [6.45, 7) is 2.15. The molecule has 23 heavy (non-hydrogen) atoms. The fourth-order valence-corrected chi connectivity index (χ4v) is 2.91. The van der Waals surface area contributed by atoms with Crippen molar-refractivity contribution < 1.29 is 14.3 Å². The Kier molecular flexibility index (Phi) is 8.06. The van der Waals surface area contributed by atoms with E-state index >= 15 is 0 Å². The minimum Gasteiger partial charge on any atom is -0.466 e. The lowest BCUT2D eigenvalue weighted by atomic mass is 10.00. The van der Waals surface area contributed by atoms with Crippen molar-refractivity contribution in [3.8, 4) is 0 Å². The molecule has 1 aliphatic carbocycles. The van der Waals surface area contributed by atoms with E-state index in [1.807, 2.05) is 24.3 Å². The molecule has 1 saturated carbocycles. The van der Waals surface area contributed by atoms with Gasteiger partial charge in [0.2, 0.25) is 5.91 Å². The summed E-state index contributed by atoms with van der Waals surface area (Å²) >= 11 is 0. The van der Waals surface area contributed by atoms with Crippen molar-refractivity contribution in [2.75, 3.05) is 11.9 Å². The number of anilines is 1. The highest BCUT2D eigenvalue weighted by atomic mass is 35.5. The highest BCUT2D eigenvalue weighted by molar-refractivity contribution is 5.91. The molecule has 0 aromatic heterocycles. The molecule has 0 aliphatic heterocycles. The van der Waals surface area contributed by atoms with Gasteiger partial charge in [-0.25, -0.2) is 0 Å². The second-order valence-corrected chi connectivity index (χ2v) is 5.79. The summed E-state index contributed by atoms with van der Waals surface area (Å²) in [5.74, 6) is 0.00116. The molecule has 0 radical (unpaired) electrons. The van der Waals surface area contributed by atoms with Crippen LogP contribution in [-0.2, 0) is 20.7 Å². The zero-order valence-electron chi connectivity index (χ0n) is 13.4. The fourth-order valence-electron chi connectivity index (χ4n) is 2.91. The monoisotopic (exact) mass is 340 g/mol. The van der Waals surface area contributed by atoms with Crippen LogP contribution in [0.1, 0.15) is 38.2 Å². The minimum atomic E-state index is -0.261. The van der Waals surface area contributed by atoms with Gasteiger partial charge in [-0.3, -0.25) is 9.59 Å². The van der Waals surface area contributed by atoms with Crippen LogP contribution >= 0.6 is 12.4 Å². The van der Waals surface area contributed by atoms with E-state index < -0.39 is 0 Å². The molecule has 0 spiro atoms. The molecule has 5 nitrogen and oxygen atoms in total. The van der Waals surface area contributed by atoms with Crippen LogP contribution < -0.4 is 11.1 Å². The maximum absolute atomic E-state index is 12.1. The first-order chi connectivity index (χ1) is 10.6. The number of hydrogen-bond donors (Lipinski definition) is 2. The number of esters is 1. The third-order valence-electron chi connectivity index (χ3n) is 4.03. The Morgan fingerprint density at radius 2 is 2.13 bits per heavy atom. The number of benzene rings is 1. The molecule has 0 unspecified atom stereocenters. The van der Waals surface area contributed by atoms with Gasteiger partial charge in [-0.2, -0.15) is 0 Å². The van der Waals surface area contributed by atoms with Gasteiger partial charge in [0, 0.05) is 18.2 Å². The van der Waals surface area contributed by atoms with Gasteiger partial charge < -0.3 is 15.8 Å². The van der Waals surface area contributed by atoms with Gasteiger partial charge in [-0.05, 0) is 43.4 Å². The number of nitrogens with one attached hydrogen (secondary N) is 1. The van der Waals surface area contributed by atoms with Gasteiger partial charge in [0.25, 0.3) is 0 Å². The number of carbonyl (C=O) groups is 2. The lowest BCUT2D eigenvalue weighted by Gasteiger charge is -2.15. The van der Waals surface area contributed by atoms with Gasteiger partial charge in [0.05, 0.1) is 13.0 Å². The number of carbonyl (C=O) groups excluding carboxylic acids is 2. The molecule has 6 heteroatoms. The Hall–Kier alpha value is -1.59. The molecule has 1 fully saturated rings. The predicted octanol–water partition coefficient (Wildman–Crippen LogP) is 2.67. The summed E-state index contributed by atoms with van der Waals surface area (Å²) in [6.07, 6.45) is 3.81. The minimum absolute atomic E-state index is 0. The van der Waals surface area contributed by atoms with E-state index in [1.165, 1.54) is 0 Å². The molecule has 1 aromatic rings. The van der Waals surface area contributed by atoms with Crippen molar-refractivity contribution in [3.63, 3.8) is 0 Å². The molecule has 0 bridgehead atoms. The first-order valence-corrected chi connectivity index (χ1v) is 7.88. The smallest absolute Gasteiger partial charge is 0.310 e. The zero-order valence-corrected chi connectivity index (χ0v) is 14.2. The number of amides is 1. The first-order valence-electron chi connectivity index (χ1n) is 7.88. The van der Waals surface area contributed by atoms with Crippen molar-refractivity contribution in [2.45, 2.75) is 45.1 Å². The molecule has 0 saturated heterocycles. The Morgan fingerprint density at radius 1 is 1.35 bits per heavy atom. The van der Waals surface area contributed by atoms with Gasteiger partial charge in [-0.1, -0.05) is 18.6 Å². The van der Waals surface area contributed by atoms with Crippen molar-refractivity contribution in [1.82, 2.24) is 0 Å². The molecule has 1 aliphatic rings. The van der Waals surface area contributed by atoms with Crippen LogP contribution in [0, 0.1) is 5.92 Å². The molecular weight excluding hydrogens is 316 g/mol. The molecule has 3 N–H and O–H groups in total. The number of nitrogens with two attached hydrogens (primary N) is 1. The molecule has 0 heterocycles. The average Bonchev–Trinajstić information content (AvgIpc) is 2.84. The number of hydrogen-bond acceptors (Lipinski definition) is 4. The second kappa shape index (κ2) is 9.53. The lowest BCUT2D eigenvalue weighted by Crippen LogP contribution is -2.28. The van der Waals surface area contributed by atoms with E-state index in [-0.39, 0.29) is 42.7 Å². The highest BCUT2D eigenvalue weighted by Gasteiger charge is 2.26. The quantitative estimate of drug-likeness (QED) is 0.780. The summed E-state index contributed by atoms with van der Waals surface area (Å²) in [4.78, 5) is 23.6. The van der Waals surface area contributed by atoms with Crippen molar-refractivity contribution in [1.29, 1.82) is 0 Å². The summed E-state index contributed by atoms with van der Waals surface area (Å²) in [5, 5.41) is 2.89. The highest BCUT2D eigenvalue weighted by Crippen LogP contribution is 2.27. The molecule has 2 atom stereocenters. The lowest BCUT2D eigenvalue weighted by molar-refractivity contribution is -0.142. The van der Waals surface area contributed by atoms with Crippen LogP contribution in [-0.4, -0.2) is 24.5 Å². The van der Waals surface area contributed by atoms with E-state index in [2.05, 4.69) is 5.32 Å². The third kappa shape index (κ3) is 6.20. The predicted molar refractivity (Wildman–Crippen MR) is 92.6 cm³/mol. The van der Waals surface area contributed by atoms with Gasteiger partial charge in [-0.15, -0.1) is 12.4 Å². The number of halogens is 1. The maximum Gasteiger partial charge on any atom is 0.310 e. The maximum atomic E-state index is 12.1. The van der Waals surface area contributed by atoms with Crippen LogP contribution in [0.3, 0.4) is 0 Å². The summed E-state index contributed by atoms with van der Waals surface area (Å²) in [5.41, 5.74) is 7.53. The van der Waals surface area contributed by atoms with Crippen LogP contribution in [0.25, 0.3) is 0 Å². The Labute approximate surface area is 143 Å². The van der Waals surface area contributed by atoms with Gasteiger partial charge in [0.1, 0.15) is 0 Å². The number of ether oxygens (including phenoxy) is 1. The van der Waals surface area contributed by atoms with Crippen molar-refractivity contribution >= 4 is 30.0 Å². The SMILES string of the molecule is CCOC(=O)Cc1cccc(NC(=O)C[C@@H]2CCC[C@H]2N)c1.Cl. The topological polar surface area (TPSA) is 81.4 Å². The zero-order chi connectivity index (χ0) is 15.9. The Bertz CT molecular complexity index is 536. The van der Waals surface area contributed by atoms with E-state index in [0.29, 0.717) is 18.7 Å². The molecule has 2 rings (SSSR count). The third-order valence-corrected chi connectivity index (χ3v) is 4.03. The van der Waals surface area contributed by atoms with Gasteiger partial charge in [0.15, 0.2) is 0 Å². The van der Waals surface area contributed by atoms with Crippen molar-refractivity contribution in [2.24, 2.45) is 11.7 Å². The molecular formula is C17H25ClN2O3. The fraction of sp³-hybridized carbons (Fsp3) is 0.529. The summed E-state index contributed by atoms with van der Waals surface area (Å²) in [7, 11) is 0. The normalized spacial score (nSPS) is 19.7. The van der Waals surface area contributed by atoms with E-state index in [9.17, 15) is 9.59 Å². The average molecular weight is 341 g/mol. The Morgan fingerprint density at radius 3 is 2.78 bits per heavy atom. The summed E-state index contributed by atoms with van der Waals surface area (Å²) in [6, 6.07) is 7.44. The largest absolute Gasteiger partial charge is 0.466 e. The van der Waals surface area contributed by atoms with Crippen LogP contribution in [0.2, 0.25) is 0 Å². The van der Waals surface area contributed by atoms with Gasteiger partial charge >= 0.3 is 5.97 Å². The van der Waals surface area contributed by atoms with Crippen LogP contribution in [0.15, 0.2) is 24.3 Å². The standard InChI is InChI=1S/C17H24N2O3.ClH/c1-2-22-17(21)10-12-5-3-7-14(9-12)19-16(20)11-13-6-4-8-15(13)18;/h3,5,7,9,13,15H,2,4,6,8,10-11,18H2,1H3,(H,19,20);1H/t13-,15+;/m0./s1. The molecule has 1 amide bonds. The van der Waals surface area contributed by atoms with Crippen LogP contribution in [0.4, 0.5) is 5.69 Å². The van der Waals surface area contributed by atoms with E-state index in [0.717, 1.165) is 24.8 Å².